The van der Waals surface area contributed by atoms with E-state index in [0.29, 0.717) is 24.9 Å². The maximum absolute atomic E-state index is 12.6. The number of Topliss-reactive ketones (excluding diaryl/α,β-unsaturated/α-hetero) is 1. The molecule has 0 spiro atoms. The third kappa shape index (κ3) is 2.79. The number of carbonyl (C=O) groups is 1. The summed E-state index contributed by atoms with van der Waals surface area (Å²) in [6.45, 7) is 4.38. The monoisotopic (exact) mass is 273 g/mol. The van der Waals surface area contributed by atoms with Gasteiger partial charge in [0.05, 0.1) is 19.1 Å². The summed E-state index contributed by atoms with van der Waals surface area (Å²) in [5.41, 5.74) is 1.31. The Hall–Kier alpha value is -1.19. The van der Waals surface area contributed by atoms with Crippen molar-refractivity contribution in [3.05, 3.63) is 35.9 Å². The third-order valence-electron chi connectivity index (χ3n) is 4.49. The van der Waals surface area contributed by atoms with Crippen molar-refractivity contribution in [3.8, 4) is 0 Å². The molecule has 1 aromatic carbocycles. The minimum atomic E-state index is 0.0558. The highest BCUT2D eigenvalue weighted by atomic mass is 16.5. The molecule has 4 unspecified atom stereocenters. The van der Waals surface area contributed by atoms with Crippen LogP contribution in [0.15, 0.2) is 30.3 Å². The summed E-state index contributed by atoms with van der Waals surface area (Å²) < 4.78 is 5.52. The van der Waals surface area contributed by atoms with Crippen LogP contribution in [-0.4, -0.2) is 31.6 Å². The highest BCUT2D eigenvalue weighted by Crippen LogP contribution is 2.49. The van der Waals surface area contributed by atoms with Crippen LogP contribution in [0.1, 0.15) is 31.2 Å². The van der Waals surface area contributed by atoms with Gasteiger partial charge in [-0.15, -0.1) is 0 Å². The van der Waals surface area contributed by atoms with Crippen molar-refractivity contribution < 1.29 is 9.53 Å². The first-order valence-electron chi connectivity index (χ1n) is 7.71. The van der Waals surface area contributed by atoms with E-state index in [0.717, 1.165) is 19.4 Å². The largest absolute Gasteiger partial charge is 0.379 e. The molecule has 3 heteroatoms. The van der Waals surface area contributed by atoms with Crippen LogP contribution >= 0.6 is 0 Å². The second kappa shape index (κ2) is 6.06. The number of carbonyl (C=O) groups excluding carboxylic acids is 1. The molecule has 20 heavy (non-hydrogen) atoms. The summed E-state index contributed by atoms with van der Waals surface area (Å²) >= 11 is 0. The van der Waals surface area contributed by atoms with Crippen molar-refractivity contribution in [2.45, 2.75) is 31.7 Å². The molecule has 108 valence electrons. The molecule has 1 heterocycles. The lowest BCUT2D eigenvalue weighted by molar-refractivity contribution is -0.124. The first-order valence-corrected chi connectivity index (χ1v) is 7.71. The van der Waals surface area contributed by atoms with E-state index >= 15 is 0 Å². The summed E-state index contributed by atoms with van der Waals surface area (Å²) in [4.78, 5) is 12.6. The molecule has 1 aliphatic heterocycles. The molecule has 1 aliphatic carbocycles. The van der Waals surface area contributed by atoms with Gasteiger partial charge in [-0.05, 0) is 30.9 Å². The van der Waals surface area contributed by atoms with E-state index in [1.54, 1.807) is 0 Å². The van der Waals surface area contributed by atoms with Gasteiger partial charge >= 0.3 is 0 Å². The zero-order valence-electron chi connectivity index (χ0n) is 12.0. The zero-order valence-corrected chi connectivity index (χ0v) is 12.0. The Balaban J connectivity index is 1.60. The van der Waals surface area contributed by atoms with Gasteiger partial charge in [-0.1, -0.05) is 37.3 Å². The Morgan fingerprint density at radius 2 is 2.05 bits per heavy atom. The van der Waals surface area contributed by atoms with Gasteiger partial charge in [-0.2, -0.15) is 0 Å². The number of hydrogen-bond acceptors (Lipinski definition) is 3. The van der Waals surface area contributed by atoms with Crippen LogP contribution in [0.2, 0.25) is 0 Å². The first kappa shape index (κ1) is 13.8. The van der Waals surface area contributed by atoms with Crippen LogP contribution in [-0.2, 0) is 9.53 Å². The maximum atomic E-state index is 12.6. The predicted molar refractivity (Wildman–Crippen MR) is 78.7 cm³/mol. The molecule has 1 aromatic rings. The Labute approximate surface area is 120 Å². The van der Waals surface area contributed by atoms with Crippen molar-refractivity contribution in [1.82, 2.24) is 5.32 Å². The fourth-order valence-corrected chi connectivity index (χ4v) is 3.22. The highest BCUT2D eigenvalue weighted by molar-refractivity contribution is 5.88. The third-order valence-corrected chi connectivity index (χ3v) is 4.49. The predicted octanol–water partition coefficient (Wildman–Crippen LogP) is 2.37. The number of hydrogen-bond donors (Lipinski definition) is 1. The van der Waals surface area contributed by atoms with Gasteiger partial charge < -0.3 is 10.1 Å². The minimum Gasteiger partial charge on any atom is -0.379 e. The average Bonchev–Trinajstić information content (AvgIpc) is 3.16. The van der Waals surface area contributed by atoms with Gasteiger partial charge in [-0.3, -0.25) is 4.79 Å². The standard InChI is InChI=1S/C17H23NO2/c1-2-8-18-16-11-20-10-15(16)17(19)14-9-13(14)12-6-4-3-5-7-12/h3-7,13-16,18H,2,8-11H2,1H3. The Kier molecular flexibility index (Phi) is 4.18. The molecular formula is C17H23NO2. The highest BCUT2D eigenvalue weighted by Gasteiger charge is 2.48. The normalized spacial score (nSPS) is 32.2. The molecule has 2 aliphatic rings. The summed E-state index contributed by atoms with van der Waals surface area (Å²) in [7, 11) is 0. The minimum absolute atomic E-state index is 0.0558. The summed E-state index contributed by atoms with van der Waals surface area (Å²) in [6.07, 6.45) is 2.10. The van der Waals surface area contributed by atoms with Gasteiger partial charge in [0, 0.05) is 12.0 Å². The summed E-state index contributed by atoms with van der Waals surface area (Å²) in [5.74, 6) is 1.12. The molecule has 0 aromatic heterocycles. The van der Waals surface area contributed by atoms with E-state index in [1.807, 2.05) is 6.07 Å². The molecule has 3 nitrogen and oxygen atoms in total. The van der Waals surface area contributed by atoms with Gasteiger partial charge in [0.2, 0.25) is 0 Å². The second-order valence-corrected chi connectivity index (χ2v) is 5.97. The summed E-state index contributed by atoms with van der Waals surface area (Å²) in [5, 5.41) is 3.45. The van der Waals surface area contributed by atoms with Crippen molar-refractivity contribution in [2.75, 3.05) is 19.8 Å². The SMILES string of the molecule is CCCNC1COCC1C(=O)C1CC1c1ccccc1. The smallest absolute Gasteiger partial charge is 0.143 e. The number of rotatable bonds is 6. The number of nitrogens with one attached hydrogen (secondary N) is 1. The van der Waals surface area contributed by atoms with E-state index < -0.39 is 0 Å². The number of benzene rings is 1. The fraction of sp³-hybridized carbons (Fsp3) is 0.588. The molecule has 0 radical (unpaired) electrons. The van der Waals surface area contributed by atoms with Gasteiger partial charge in [0.25, 0.3) is 0 Å². The van der Waals surface area contributed by atoms with Crippen LogP contribution in [0, 0.1) is 11.8 Å². The molecular weight excluding hydrogens is 250 g/mol. The molecule has 2 fully saturated rings. The van der Waals surface area contributed by atoms with Crippen LogP contribution in [0.5, 0.6) is 0 Å². The van der Waals surface area contributed by atoms with Crippen molar-refractivity contribution in [2.24, 2.45) is 11.8 Å². The van der Waals surface area contributed by atoms with Crippen LogP contribution in [0.25, 0.3) is 0 Å². The zero-order chi connectivity index (χ0) is 13.9. The Morgan fingerprint density at radius 1 is 1.25 bits per heavy atom. The van der Waals surface area contributed by atoms with Gasteiger partial charge in [0.1, 0.15) is 5.78 Å². The van der Waals surface area contributed by atoms with E-state index in [9.17, 15) is 4.79 Å². The van der Waals surface area contributed by atoms with Crippen LogP contribution in [0.4, 0.5) is 0 Å². The van der Waals surface area contributed by atoms with Crippen molar-refractivity contribution in [1.29, 1.82) is 0 Å². The van der Waals surface area contributed by atoms with Crippen LogP contribution < -0.4 is 5.32 Å². The lowest BCUT2D eigenvalue weighted by Gasteiger charge is -2.17. The molecule has 1 N–H and O–H groups in total. The molecule has 1 saturated heterocycles. The number of ketones is 1. The van der Waals surface area contributed by atoms with Gasteiger partial charge in [-0.25, -0.2) is 0 Å². The second-order valence-electron chi connectivity index (χ2n) is 5.97. The molecule has 3 rings (SSSR count). The molecule has 4 atom stereocenters. The molecule has 0 amide bonds. The van der Waals surface area contributed by atoms with Crippen LogP contribution in [0.3, 0.4) is 0 Å². The Morgan fingerprint density at radius 3 is 2.80 bits per heavy atom. The van der Waals surface area contributed by atoms with Gasteiger partial charge in [0.15, 0.2) is 0 Å². The quantitative estimate of drug-likeness (QED) is 0.865. The lowest BCUT2D eigenvalue weighted by Crippen LogP contribution is -2.40. The van der Waals surface area contributed by atoms with Crippen molar-refractivity contribution >= 4 is 5.78 Å². The van der Waals surface area contributed by atoms with Crippen molar-refractivity contribution in [3.63, 3.8) is 0 Å². The Bertz CT molecular complexity index is 459. The maximum Gasteiger partial charge on any atom is 0.143 e. The van der Waals surface area contributed by atoms with E-state index in [-0.39, 0.29) is 17.9 Å². The number of ether oxygens (including phenoxy) is 1. The molecule has 0 bridgehead atoms. The fourth-order valence-electron chi connectivity index (χ4n) is 3.22. The first-order chi connectivity index (χ1) is 9.81. The summed E-state index contributed by atoms with van der Waals surface area (Å²) in [6, 6.07) is 10.6. The van der Waals surface area contributed by atoms with E-state index in [2.05, 4.69) is 36.5 Å². The van der Waals surface area contributed by atoms with E-state index in [4.69, 9.17) is 4.74 Å². The topological polar surface area (TPSA) is 38.3 Å². The van der Waals surface area contributed by atoms with E-state index in [1.165, 1.54) is 5.56 Å². The average molecular weight is 273 g/mol. The lowest BCUT2D eigenvalue weighted by atomic mass is 9.93. The molecule has 1 saturated carbocycles.